The number of rotatable bonds is 7. The van der Waals surface area contributed by atoms with Crippen molar-refractivity contribution in [1.29, 1.82) is 0 Å². The smallest absolute Gasteiger partial charge is 0.222 e. The number of benzene rings is 1. The highest BCUT2D eigenvalue weighted by molar-refractivity contribution is 14.0. The Morgan fingerprint density at radius 2 is 1.82 bits per heavy atom. The zero-order valence-electron chi connectivity index (χ0n) is 16.5. The molecular formula is C21H29IN4OS. The molecule has 28 heavy (non-hydrogen) atoms. The van der Waals surface area contributed by atoms with Gasteiger partial charge in [0.1, 0.15) is 0 Å². The van der Waals surface area contributed by atoms with E-state index in [9.17, 15) is 4.79 Å². The summed E-state index contributed by atoms with van der Waals surface area (Å²) >= 11 is 1.84. The molecule has 2 heterocycles. The number of halogens is 1. The molecule has 1 fully saturated rings. The van der Waals surface area contributed by atoms with Crippen LogP contribution in [0.2, 0.25) is 0 Å². The average molecular weight is 512 g/mol. The molecular weight excluding hydrogens is 483 g/mol. The first-order chi connectivity index (χ1) is 13.2. The van der Waals surface area contributed by atoms with Gasteiger partial charge in [-0.2, -0.15) is 0 Å². The summed E-state index contributed by atoms with van der Waals surface area (Å²) < 4.78 is 0. The van der Waals surface area contributed by atoms with Crippen molar-refractivity contribution in [3.63, 3.8) is 0 Å². The number of hydrogen-bond donors (Lipinski definition) is 2. The van der Waals surface area contributed by atoms with Crippen molar-refractivity contribution in [2.45, 2.75) is 45.8 Å². The van der Waals surface area contributed by atoms with Crippen molar-refractivity contribution in [3.8, 4) is 0 Å². The lowest BCUT2D eigenvalue weighted by Crippen LogP contribution is -2.36. The summed E-state index contributed by atoms with van der Waals surface area (Å²) in [4.78, 5) is 20.9. The summed E-state index contributed by atoms with van der Waals surface area (Å²) in [7, 11) is 1.79. The fraction of sp³-hybridized carbons (Fsp3) is 0.429. The van der Waals surface area contributed by atoms with Crippen LogP contribution in [0.1, 0.15) is 40.6 Å². The summed E-state index contributed by atoms with van der Waals surface area (Å²) in [6, 6.07) is 12.7. The molecule has 5 nitrogen and oxygen atoms in total. The van der Waals surface area contributed by atoms with Gasteiger partial charge in [0.2, 0.25) is 5.91 Å². The van der Waals surface area contributed by atoms with Gasteiger partial charge < -0.3 is 15.5 Å². The van der Waals surface area contributed by atoms with E-state index in [1.807, 2.05) is 28.4 Å². The number of carbonyl (C=O) groups is 1. The zero-order chi connectivity index (χ0) is 19.1. The highest BCUT2D eigenvalue weighted by atomic mass is 127. The number of hydrogen-bond acceptors (Lipinski definition) is 3. The number of amides is 1. The topological polar surface area (TPSA) is 56.7 Å². The third-order valence-corrected chi connectivity index (χ3v) is 6.05. The number of guanidine groups is 1. The van der Waals surface area contributed by atoms with Gasteiger partial charge >= 0.3 is 0 Å². The quantitative estimate of drug-likeness (QED) is 0.336. The number of aryl methyl sites for hydroxylation is 1. The monoisotopic (exact) mass is 512 g/mol. The third kappa shape index (κ3) is 6.20. The Morgan fingerprint density at radius 3 is 2.46 bits per heavy atom. The highest BCUT2D eigenvalue weighted by Gasteiger charge is 2.20. The Hall–Kier alpha value is -1.61. The van der Waals surface area contributed by atoms with Gasteiger partial charge in [-0.15, -0.1) is 35.3 Å². The first-order valence-electron chi connectivity index (χ1n) is 9.56. The van der Waals surface area contributed by atoms with E-state index in [-0.39, 0.29) is 29.9 Å². The van der Waals surface area contributed by atoms with E-state index in [0.717, 1.165) is 31.9 Å². The van der Waals surface area contributed by atoms with E-state index in [1.165, 1.54) is 20.9 Å². The Morgan fingerprint density at radius 1 is 1.11 bits per heavy atom. The molecule has 0 radical (unpaired) electrons. The molecule has 1 aromatic heterocycles. The van der Waals surface area contributed by atoms with Crippen LogP contribution < -0.4 is 10.6 Å². The van der Waals surface area contributed by atoms with Crippen LogP contribution in [0.4, 0.5) is 0 Å². The third-order valence-electron chi connectivity index (χ3n) is 4.82. The van der Waals surface area contributed by atoms with Crippen LogP contribution >= 0.6 is 35.3 Å². The first-order valence-corrected chi connectivity index (χ1v) is 10.4. The second-order valence-corrected chi connectivity index (χ2v) is 7.94. The van der Waals surface area contributed by atoms with E-state index >= 15 is 0 Å². The van der Waals surface area contributed by atoms with Crippen LogP contribution in [-0.4, -0.2) is 30.4 Å². The van der Waals surface area contributed by atoms with Gasteiger partial charge in [0.05, 0.1) is 6.54 Å². The number of thiophene rings is 1. The minimum Gasteiger partial charge on any atom is -0.352 e. The normalized spacial score (nSPS) is 14.1. The van der Waals surface area contributed by atoms with E-state index < -0.39 is 0 Å². The Balaban J connectivity index is 0.00000280. The Kier molecular flexibility index (Phi) is 9.24. The molecule has 152 valence electrons. The minimum atomic E-state index is 0. The molecule has 0 aliphatic carbocycles. The van der Waals surface area contributed by atoms with Crippen molar-refractivity contribution in [1.82, 2.24) is 15.5 Å². The van der Waals surface area contributed by atoms with Gasteiger partial charge in [-0.1, -0.05) is 31.2 Å². The average Bonchev–Trinajstić information content (AvgIpc) is 3.32. The fourth-order valence-electron chi connectivity index (χ4n) is 3.24. The maximum absolute atomic E-state index is 11.9. The standard InChI is InChI=1S/C21H28N4OS.HI/c1-3-18-10-11-19(27-18)14-24-21(22-2)23-13-16-7-4-5-8-17(16)15-25-12-6-9-20(25)26;/h4-5,7-8,10-11H,3,6,9,12-15H2,1-2H3,(H2,22,23,24);1H. The van der Waals surface area contributed by atoms with Crippen molar-refractivity contribution in [2.24, 2.45) is 4.99 Å². The molecule has 1 aliphatic rings. The molecule has 1 aromatic carbocycles. The van der Waals surface area contributed by atoms with Crippen LogP contribution in [-0.2, 0) is 30.8 Å². The van der Waals surface area contributed by atoms with Gasteiger partial charge in [0.25, 0.3) is 0 Å². The molecule has 7 heteroatoms. The predicted octanol–water partition coefficient (Wildman–Crippen LogP) is 3.92. The SMILES string of the molecule is CCc1ccc(CNC(=NC)NCc2ccccc2CN2CCCC2=O)s1.I. The highest BCUT2D eigenvalue weighted by Crippen LogP contribution is 2.18. The summed E-state index contributed by atoms with van der Waals surface area (Å²) in [5.74, 6) is 1.05. The maximum atomic E-state index is 11.9. The molecule has 0 unspecified atom stereocenters. The zero-order valence-corrected chi connectivity index (χ0v) is 19.7. The van der Waals surface area contributed by atoms with E-state index in [2.05, 4.69) is 46.8 Å². The number of likely N-dealkylation sites (tertiary alicyclic amines) is 1. The van der Waals surface area contributed by atoms with Gasteiger partial charge in [-0.3, -0.25) is 9.79 Å². The lowest BCUT2D eigenvalue weighted by molar-refractivity contribution is -0.128. The van der Waals surface area contributed by atoms with Crippen LogP contribution in [0.25, 0.3) is 0 Å². The summed E-state index contributed by atoms with van der Waals surface area (Å²) in [6.45, 7) is 5.19. The molecule has 0 atom stereocenters. The molecule has 0 bridgehead atoms. The second-order valence-electron chi connectivity index (χ2n) is 6.69. The van der Waals surface area contributed by atoms with Crippen LogP contribution in [0.3, 0.4) is 0 Å². The minimum absolute atomic E-state index is 0. The van der Waals surface area contributed by atoms with Crippen molar-refractivity contribution >= 4 is 47.2 Å². The largest absolute Gasteiger partial charge is 0.352 e. The first kappa shape index (κ1) is 22.7. The molecule has 2 aromatic rings. The maximum Gasteiger partial charge on any atom is 0.222 e. The molecule has 0 spiro atoms. The molecule has 1 aliphatic heterocycles. The van der Waals surface area contributed by atoms with E-state index in [1.54, 1.807) is 7.05 Å². The lowest BCUT2D eigenvalue weighted by Gasteiger charge is -2.19. The molecule has 3 rings (SSSR count). The van der Waals surface area contributed by atoms with Crippen LogP contribution in [0.5, 0.6) is 0 Å². The second kappa shape index (κ2) is 11.4. The van der Waals surface area contributed by atoms with Crippen molar-refractivity contribution < 1.29 is 4.79 Å². The fourth-order valence-corrected chi connectivity index (χ4v) is 4.14. The van der Waals surface area contributed by atoms with Gasteiger partial charge in [0, 0.05) is 42.9 Å². The van der Waals surface area contributed by atoms with Gasteiger partial charge in [-0.25, -0.2) is 0 Å². The van der Waals surface area contributed by atoms with Crippen LogP contribution in [0.15, 0.2) is 41.4 Å². The number of nitrogens with one attached hydrogen (secondary N) is 2. The predicted molar refractivity (Wildman–Crippen MR) is 127 cm³/mol. The van der Waals surface area contributed by atoms with E-state index in [0.29, 0.717) is 19.5 Å². The Bertz CT molecular complexity index is 805. The van der Waals surface area contributed by atoms with E-state index in [4.69, 9.17) is 0 Å². The number of carbonyl (C=O) groups excluding carboxylic acids is 1. The molecule has 1 amide bonds. The van der Waals surface area contributed by atoms with Crippen LogP contribution in [0, 0.1) is 0 Å². The molecule has 0 saturated carbocycles. The van der Waals surface area contributed by atoms with Gasteiger partial charge in [-0.05, 0) is 36.1 Å². The summed E-state index contributed by atoms with van der Waals surface area (Å²) in [6.07, 6.45) is 2.73. The van der Waals surface area contributed by atoms with Gasteiger partial charge in [0.15, 0.2) is 5.96 Å². The summed E-state index contributed by atoms with van der Waals surface area (Å²) in [5, 5.41) is 6.77. The summed E-state index contributed by atoms with van der Waals surface area (Å²) in [5.41, 5.74) is 2.39. The number of aliphatic imine (C=N–C) groups is 1. The van der Waals surface area contributed by atoms with Crippen molar-refractivity contribution in [2.75, 3.05) is 13.6 Å². The molecule has 2 N–H and O–H groups in total. The Labute approximate surface area is 188 Å². The lowest BCUT2D eigenvalue weighted by atomic mass is 10.1. The molecule has 1 saturated heterocycles. The van der Waals surface area contributed by atoms with Crippen molar-refractivity contribution in [3.05, 3.63) is 57.3 Å². The number of nitrogens with zero attached hydrogens (tertiary/aromatic N) is 2.